The van der Waals surface area contributed by atoms with Crippen molar-refractivity contribution in [1.29, 1.82) is 0 Å². The fourth-order valence-electron chi connectivity index (χ4n) is 0.844. The molecule has 0 bridgehead atoms. The summed E-state index contributed by atoms with van der Waals surface area (Å²) in [5.41, 5.74) is 4.65. The molecule has 0 aliphatic heterocycles. The van der Waals surface area contributed by atoms with Crippen molar-refractivity contribution in [2.24, 2.45) is 5.73 Å². The third-order valence-corrected chi connectivity index (χ3v) is 2.39. The van der Waals surface area contributed by atoms with Gasteiger partial charge >= 0.3 is 0 Å². The molecule has 0 fully saturated rings. The van der Waals surface area contributed by atoms with E-state index >= 15 is 0 Å². The molecule has 0 unspecified atom stereocenters. The molecular formula is C9H15N3O2S. The van der Waals surface area contributed by atoms with Crippen molar-refractivity contribution in [2.45, 2.75) is 11.8 Å². The Bertz CT molecular complexity index is 307. The van der Waals surface area contributed by atoms with Gasteiger partial charge in [0, 0.05) is 12.6 Å². The van der Waals surface area contributed by atoms with Gasteiger partial charge in [0.2, 0.25) is 0 Å². The van der Waals surface area contributed by atoms with Crippen LogP contribution in [-0.4, -0.2) is 18.5 Å². The lowest BCUT2D eigenvalue weighted by Crippen LogP contribution is -2.01. The van der Waals surface area contributed by atoms with Gasteiger partial charge < -0.3 is 5.73 Å². The van der Waals surface area contributed by atoms with Crippen molar-refractivity contribution in [1.82, 2.24) is 4.72 Å². The zero-order valence-corrected chi connectivity index (χ0v) is 9.58. The van der Waals surface area contributed by atoms with Crippen LogP contribution in [0.5, 0.6) is 0 Å². The van der Waals surface area contributed by atoms with Gasteiger partial charge in [-0.15, -0.1) is 0 Å². The maximum atomic E-state index is 10.5. The van der Waals surface area contributed by atoms with E-state index in [2.05, 4.69) is 10.5 Å². The maximum absolute atomic E-state index is 10.5. The number of nitrogens with zero attached hydrogens (tertiary/aromatic N) is 1. The molecule has 0 heterocycles. The normalized spacial score (nSPS) is 9.00. The summed E-state index contributed by atoms with van der Waals surface area (Å²) in [5, 5.41) is 10.5. The largest absolute Gasteiger partial charge is 0.333 e. The molecule has 0 aliphatic rings. The van der Waals surface area contributed by atoms with Crippen LogP contribution in [0.1, 0.15) is 6.92 Å². The summed E-state index contributed by atoms with van der Waals surface area (Å²) in [6.07, 6.45) is 0. The van der Waals surface area contributed by atoms with Crippen molar-refractivity contribution in [3.8, 4) is 0 Å². The van der Waals surface area contributed by atoms with E-state index in [0.717, 1.165) is 6.54 Å². The van der Waals surface area contributed by atoms with E-state index in [0.29, 0.717) is 4.90 Å². The third kappa shape index (κ3) is 4.78. The minimum Gasteiger partial charge on any atom is -0.333 e. The Morgan fingerprint density at radius 3 is 2.60 bits per heavy atom. The van der Waals surface area contributed by atoms with Crippen molar-refractivity contribution < 1.29 is 4.92 Å². The molecule has 0 aliphatic carbocycles. The van der Waals surface area contributed by atoms with Crippen molar-refractivity contribution in [3.05, 3.63) is 34.4 Å². The molecule has 0 saturated heterocycles. The monoisotopic (exact) mass is 229 g/mol. The minimum absolute atomic E-state index is 0.147. The van der Waals surface area contributed by atoms with Crippen LogP contribution < -0.4 is 10.5 Å². The van der Waals surface area contributed by atoms with Crippen LogP contribution in [0.4, 0.5) is 5.69 Å². The summed E-state index contributed by atoms with van der Waals surface area (Å²) < 4.78 is 2.97. The number of hydrogen-bond acceptors (Lipinski definition) is 5. The van der Waals surface area contributed by atoms with Crippen molar-refractivity contribution in [3.63, 3.8) is 0 Å². The first-order chi connectivity index (χ1) is 7.25. The number of para-hydroxylation sites is 1. The zero-order valence-electron chi connectivity index (χ0n) is 8.77. The lowest BCUT2D eigenvalue weighted by Gasteiger charge is -2.01. The average molecular weight is 229 g/mol. The van der Waals surface area contributed by atoms with Crippen LogP contribution in [0.2, 0.25) is 0 Å². The Balaban J connectivity index is 0.000000921. The summed E-state index contributed by atoms with van der Waals surface area (Å²) >= 11 is 1.28. The quantitative estimate of drug-likeness (QED) is 0.467. The molecule has 6 heteroatoms. The molecule has 1 aromatic rings. The second kappa shape index (κ2) is 8.22. The Kier molecular flexibility index (Phi) is 7.61. The topological polar surface area (TPSA) is 81.2 Å². The van der Waals surface area contributed by atoms with E-state index in [4.69, 9.17) is 0 Å². The fourth-order valence-corrected chi connectivity index (χ4v) is 1.54. The summed E-state index contributed by atoms with van der Waals surface area (Å²) in [6, 6.07) is 6.67. The molecule has 0 amide bonds. The number of nitrogens with two attached hydrogens (primary N) is 1. The standard InChI is InChI=1S/C8H10N2O2S.CH5N/c1-2-9-13-8-6-4-3-5-7(8)10(11)12;1-2/h3-6,9H,2H2,1H3;2H2,1H3. The SMILES string of the molecule is CCNSc1ccccc1[N+](=O)[O-].CN. The van der Waals surface area contributed by atoms with Crippen LogP contribution in [0.3, 0.4) is 0 Å². The van der Waals surface area contributed by atoms with E-state index < -0.39 is 0 Å². The van der Waals surface area contributed by atoms with Crippen molar-refractivity contribution in [2.75, 3.05) is 13.6 Å². The number of rotatable bonds is 4. The van der Waals surface area contributed by atoms with Gasteiger partial charge in [0.1, 0.15) is 4.90 Å². The highest BCUT2D eigenvalue weighted by Crippen LogP contribution is 2.25. The summed E-state index contributed by atoms with van der Waals surface area (Å²) in [6.45, 7) is 2.72. The minimum atomic E-state index is -0.375. The highest BCUT2D eigenvalue weighted by molar-refractivity contribution is 7.97. The highest BCUT2D eigenvalue weighted by Gasteiger charge is 2.11. The lowest BCUT2D eigenvalue weighted by molar-refractivity contribution is -0.387. The van der Waals surface area contributed by atoms with Gasteiger partial charge in [-0.2, -0.15) is 0 Å². The van der Waals surface area contributed by atoms with Gasteiger partial charge in [-0.3, -0.25) is 14.8 Å². The second-order valence-electron chi connectivity index (χ2n) is 2.32. The Morgan fingerprint density at radius 1 is 1.47 bits per heavy atom. The van der Waals surface area contributed by atoms with Gasteiger partial charge in [0.15, 0.2) is 0 Å². The molecule has 5 nitrogen and oxygen atoms in total. The number of nitro benzene ring substituents is 1. The Hall–Kier alpha value is -1.11. The molecule has 0 saturated carbocycles. The predicted octanol–water partition coefficient (Wildman–Crippen LogP) is 1.79. The zero-order chi connectivity index (χ0) is 11.7. The van der Waals surface area contributed by atoms with Crippen LogP contribution in [0.25, 0.3) is 0 Å². The summed E-state index contributed by atoms with van der Waals surface area (Å²) in [4.78, 5) is 10.8. The average Bonchev–Trinajstić information content (AvgIpc) is 2.29. The van der Waals surface area contributed by atoms with E-state index in [-0.39, 0.29) is 10.6 Å². The van der Waals surface area contributed by atoms with Gasteiger partial charge in [-0.25, -0.2) is 0 Å². The van der Waals surface area contributed by atoms with Gasteiger partial charge in [0.25, 0.3) is 5.69 Å². The number of nitrogens with one attached hydrogen (secondary N) is 1. The Morgan fingerprint density at radius 2 is 2.07 bits per heavy atom. The van der Waals surface area contributed by atoms with Crippen LogP contribution in [0, 0.1) is 10.1 Å². The maximum Gasteiger partial charge on any atom is 0.284 e. The molecule has 0 atom stereocenters. The van der Waals surface area contributed by atoms with Crippen LogP contribution in [-0.2, 0) is 0 Å². The second-order valence-corrected chi connectivity index (χ2v) is 3.26. The third-order valence-electron chi connectivity index (χ3n) is 1.39. The Labute approximate surface area is 93.3 Å². The van der Waals surface area contributed by atoms with Gasteiger partial charge in [0.05, 0.1) is 4.92 Å². The molecule has 3 N–H and O–H groups in total. The van der Waals surface area contributed by atoms with E-state index in [9.17, 15) is 10.1 Å². The molecule has 0 radical (unpaired) electrons. The first-order valence-corrected chi connectivity index (χ1v) is 5.28. The molecule has 0 aromatic heterocycles. The fraction of sp³-hybridized carbons (Fsp3) is 0.333. The number of hydrogen-bond donors (Lipinski definition) is 2. The molecular weight excluding hydrogens is 214 g/mol. The van der Waals surface area contributed by atoms with Crippen LogP contribution in [0.15, 0.2) is 29.2 Å². The first kappa shape index (κ1) is 13.9. The summed E-state index contributed by atoms with van der Waals surface area (Å²) in [5.74, 6) is 0. The summed E-state index contributed by atoms with van der Waals surface area (Å²) in [7, 11) is 1.50. The predicted molar refractivity (Wildman–Crippen MR) is 62.7 cm³/mol. The molecule has 84 valence electrons. The van der Waals surface area contributed by atoms with E-state index in [1.54, 1.807) is 18.2 Å². The molecule has 15 heavy (non-hydrogen) atoms. The highest BCUT2D eigenvalue weighted by atomic mass is 32.2. The number of benzene rings is 1. The smallest absolute Gasteiger partial charge is 0.284 e. The van der Waals surface area contributed by atoms with Crippen LogP contribution >= 0.6 is 11.9 Å². The molecule has 1 aromatic carbocycles. The van der Waals surface area contributed by atoms with E-state index in [1.165, 1.54) is 25.1 Å². The number of nitro groups is 1. The lowest BCUT2D eigenvalue weighted by atomic mass is 10.3. The van der Waals surface area contributed by atoms with Gasteiger partial charge in [-0.1, -0.05) is 19.1 Å². The molecule has 0 spiro atoms. The van der Waals surface area contributed by atoms with Crippen molar-refractivity contribution >= 4 is 17.6 Å². The molecule has 1 rings (SSSR count). The first-order valence-electron chi connectivity index (χ1n) is 4.46. The van der Waals surface area contributed by atoms with Gasteiger partial charge in [-0.05, 0) is 25.1 Å². The van der Waals surface area contributed by atoms with E-state index in [1.807, 2.05) is 6.92 Å².